The molecule has 5 nitrogen and oxygen atoms in total. The van der Waals surface area contributed by atoms with E-state index in [-0.39, 0.29) is 11.9 Å². The smallest absolute Gasteiger partial charge is 0.238 e. The van der Waals surface area contributed by atoms with Crippen LogP contribution in [0.4, 0.5) is 0 Å². The van der Waals surface area contributed by atoms with Crippen LogP contribution in [0.5, 0.6) is 0 Å². The molecule has 1 heterocycles. The fourth-order valence-corrected chi connectivity index (χ4v) is 4.09. The summed E-state index contributed by atoms with van der Waals surface area (Å²) >= 11 is 0. The van der Waals surface area contributed by atoms with Gasteiger partial charge in [0.2, 0.25) is 15.9 Å². The summed E-state index contributed by atoms with van der Waals surface area (Å²) in [6.45, 7) is 2.50. The second-order valence-electron chi connectivity index (χ2n) is 5.79. The summed E-state index contributed by atoms with van der Waals surface area (Å²) in [7, 11) is -3.34. The standard InChI is InChI=1S/C16H24N2O3S/c1-3-8-14(13-9-5-4-6-10-13)17-16(19)15-11-7-12-18(15)22(2,20)21/h4-6,9-10,14-15H,3,7-8,11-12H2,1-2H3,(H,17,19). The van der Waals surface area contributed by atoms with E-state index in [2.05, 4.69) is 12.2 Å². The molecule has 0 aliphatic carbocycles. The zero-order valence-electron chi connectivity index (χ0n) is 13.2. The molecule has 6 heteroatoms. The van der Waals surface area contributed by atoms with Gasteiger partial charge in [0.15, 0.2) is 0 Å². The SMILES string of the molecule is CCCC(NC(=O)C1CCCN1S(C)(=O)=O)c1ccccc1. The molecule has 2 atom stereocenters. The highest BCUT2D eigenvalue weighted by molar-refractivity contribution is 7.88. The maximum absolute atomic E-state index is 12.5. The van der Waals surface area contributed by atoms with Crippen LogP contribution in [0.2, 0.25) is 0 Å². The zero-order chi connectivity index (χ0) is 16.2. The third-order valence-corrected chi connectivity index (χ3v) is 5.32. The fraction of sp³-hybridized carbons (Fsp3) is 0.562. The summed E-state index contributed by atoms with van der Waals surface area (Å²) in [4.78, 5) is 12.5. The van der Waals surface area contributed by atoms with Crippen LogP contribution in [0.25, 0.3) is 0 Å². The molecule has 0 aromatic heterocycles. The maximum atomic E-state index is 12.5. The number of nitrogens with zero attached hydrogens (tertiary/aromatic N) is 1. The Morgan fingerprint density at radius 2 is 2.05 bits per heavy atom. The van der Waals surface area contributed by atoms with Crippen LogP contribution in [-0.4, -0.2) is 37.5 Å². The van der Waals surface area contributed by atoms with E-state index in [1.165, 1.54) is 10.6 Å². The highest BCUT2D eigenvalue weighted by Crippen LogP contribution is 2.23. The Balaban J connectivity index is 2.11. The van der Waals surface area contributed by atoms with E-state index in [9.17, 15) is 13.2 Å². The molecule has 1 N–H and O–H groups in total. The summed E-state index contributed by atoms with van der Waals surface area (Å²) in [5, 5.41) is 3.03. The predicted octanol–water partition coefficient (Wildman–Crippen LogP) is 2.07. The molecule has 1 aliphatic rings. The van der Waals surface area contributed by atoms with E-state index in [0.29, 0.717) is 13.0 Å². The number of nitrogens with one attached hydrogen (secondary N) is 1. The van der Waals surface area contributed by atoms with Gasteiger partial charge in [-0.1, -0.05) is 43.7 Å². The second-order valence-corrected chi connectivity index (χ2v) is 7.73. The molecule has 1 amide bonds. The van der Waals surface area contributed by atoms with Crippen LogP contribution in [-0.2, 0) is 14.8 Å². The number of rotatable bonds is 6. The second kappa shape index (κ2) is 7.24. The minimum Gasteiger partial charge on any atom is -0.348 e. The number of carbonyl (C=O) groups is 1. The first-order valence-electron chi connectivity index (χ1n) is 7.75. The summed E-state index contributed by atoms with van der Waals surface area (Å²) in [6, 6.07) is 9.17. The summed E-state index contributed by atoms with van der Waals surface area (Å²) in [6.07, 6.45) is 4.27. The first-order chi connectivity index (χ1) is 10.4. The Morgan fingerprint density at radius 3 is 2.64 bits per heavy atom. The minimum absolute atomic E-state index is 0.0688. The van der Waals surface area contributed by atoms with Gasteiger partial charge >= 0.3 is 0 Å². The molecule has 0 bridgehead atoms. The van der Waals surface area contributed by atoms with Gasteiger partial charge in [-0.15, -0.1) is 0 Å². The van der Waals surface area contributed by atoms with Gasteiger partial charge in [0.25, 0.3) is 0 Å². The van der Waals surface area contributed by atoms with Gasteiger partial charge in [-0.05, 0) is 24.8 Å². The molecule has 0 spiro atoms. The number of carbonyl (C=O) groups excluding carboxylic acids is 1. The van der Waals surface area contributed by atoms with Crippen molar-refractivity contribution in [3.63, 3.8) is 0 Å². The van der Waals surface area contributed by atoms with Crippen molar-refractivity contribution in [1.29, 1.82) is 0 Å². The lowest BCUT2D eigenvalue weighted by Crippen LogP contribution is -2.46. The highest BCUT2D eigenvalue weighted by atomic mass is 32.2. The molecule has 1 aromatic rings. The van der Waals surface area contributed by atoms with Crippen LogP contribution in [0.3, 0.4) is 0 Å². The molecule has 1 fully saturated rings. The van der Waals surface area contributed by atoms with Crippen molar-refractivity contribution >= 4 is 15.9 Å². The average molecular weight is 324 g/mol. The molecular weight excluding hydrogens is 300 g/mol. The summed E-state index contributed by atoms with van der Waals surface area (Å²) < 4.78 is 24.9. The first-order valence-corrected chi connectivity index (χ1v) is 9.60. The van der Waals surface area contributed by atoms with Crippen molar-refractivity contribution in [2.24, 2.45) is 0 Å². The lowest BCUT2D eigenvalue weighted by molar-refractivity contribution is -0.125. The molecule has 122 valence electrons. The number of hydrogen-bond donors (Lipinski definition) is 1. The van der Waals surface area contributed by atoms with Gasteiger partial charge in [-0.2, -0.15) is 4.31 Å². The third kappa shape index (κ3) is 4.08. The van der Waals surface area contributed by atoms with Gasteiger partial charge in [-0.25, -0.2) is 8.42 Å². The minimum atomic E-state index is -3.34. The maximum Gasteiger partial charge on any atom is 0.238 e. The van der Waals surface area contributed by atoms with Crippen LogP contribution in [0.15, 0.2) is 30.3 Å². The number of benzene rings is 1. The Hall–Kier alpha value is -1.40. The molecule has 1 aliphatic heterocycles. The molecule has 2 unspecified atom stereocenters. The largest absolute Gasteiger partial charge is 0.348 e. The van der Waals surface area contributed by atoms with E-state index < -0.39 is 16.1 Å². The van der Waals surface area contributed by atoms with E-state index in [1.807, 2.05) is 30.3 Å². The molecule has 22 heavy (non-hydrogen) atoms. The average Bonchev–Trinajstić information content (AvgIpc) is 2.97. The molecular formula is C16H24N2O3S. The zero-order valence-corrected chi connectivity index (χ0v) is 14.0. The number of sulfonamides is 1. The number of hydrogen-bond acceptors (Lipinski definition) is 3. The van der Waals surface area contributed by atoms with E-state index in [4.69, 9.17) is 0 Å². The van der Waals surface area contributed by atoms with Gasteiger partial charge in [0.1, 0.15) is 6.04 Å². The first kappa shape index (κ1) is 17.0. The quantitative estimate of drug-likeness (QED) is 0.871. The fourth-order valence-electron chi connectivity index (χ4n) is 2.96. The Kier molecular flexibility index (Phi) is 5.58. The lowest BCUT2D eigenvalue weighted by atomic mass is 10.0. The monoisotopic (exact) mass is 324 g/mol. The van der Waals surface area contributed by atoms with Gasteiger partial charge in [0.05, 0.1) is 12.3 Å². The summed E-state index contributed by atoms with van der Waals surface area (Å²) in [5.74, 6) is -0.190. The van der Waals surface area contributed by atoms with Gasteiger partial charge in [0, 0.05) is 6.54 Å². The number of amides is 1. The van der Waals surface area contributed by atoms with Crippen molar-refractivity contribution in [1.82, 2.24) is 9.62 Å². The van der Waals surface area contributed by atoms with E-state index in [1.54, 1.807) is 0 Å². The molecule has 0 saturated carbocycles. The van der Waals surface area contributed by atoms with Crippen molar-refractivity contribution in [3.8, 4) is 0 Å². The predicted molar refractivity (Wildman–Crippen MR) is 86.8 cm³/mol. The normalized spacial score (nSPS) is 20.7. The molecule has 1 saturated heterocycles. The third-order valence-electron chi connectivity index (χ3n) is 4.03. The van der Waals surface area contributed by atoms with Crippen molar-refractivity contribution in [2.75, 3.05) is 12.8 Å². The van der Waals surface area contributed by atoms with Crippen molar-refractivity contribution in [3.05, 3.63) is 35.9 Å². The summed E-state index contributed by atoms with van der Waals surface area (Å²) in [5.41, 5.74) is 1.06. The Labute approximate surface area is 132 Å². The van der Waals surface area contributed by atoms with Gasteiger partial charge < -0.3 is 5.32 Å². The van der Waals surface area contributed by atoms with Crippen LogP contribution >= 0.6 is 0 Å². The van der Waals surface area contributed by atoms with Gasteiger partial charge in [-0.3, -0.25) is 4.79 Å². The van der Waals surface area contributed by atoms with E-state index in [0.717, 1.165) is 24.8 Å². The van der Waals surface area contributed by atoms with Crippen molar-refractivity contribution < 1.29 is 13.2 Å². The molecule has 1 aromatic carbocycles. The van der Waals surface area contributed by atoms with Crippen LogP contribution in [0, 0.1) is 0 Å². The van der Waals surface area contributed by atoms with Crippen molar-refractivity contribution in [2.45, 2.75) is 44.7 Å². The topological polar surface area (TPSA) is 66.5 Å². The molecule has 0 radical (unpaired) electrons. The lowest BCUT2D eigenvalue weighted by Gasteiger charge is -2.25. The van der Waals surface area contributed by atoms with Crippen LogP contribution < -0.4 is 5.32 Å². The Morgan fingerprint density at radius 1 is 1.36 bits per heavy atom. The van der Waals surface area contributed by atoms with E-state index >= 15 is 0 Å². The Bertz CT molecular complexity index is 601. The highest BCUT2D eigenvalue weighted by Gasteiger charge is 2.37. The van der Waals surface area contributed by atoms with Crippen LogP contribution in [0.1, 0.15) is 44.2 Å². The molecule has 2 rings (SSSR count).